The average Bonchev–Trinajstić information content (AvgIpc) is 3.07. The number of hydrogen-bond acceptors (Lipinski definition) is 5. The molecule has 1 fully saturated rings. The van der Waals surface area contributed by atoms with E-state index in [0.29, 0.717) is 12.1 Å². The second kappa shape index (κ2) is 9.22. The van der Waals surface area contributed by atoms with Crippen LogP contribution in [0.4, 0.5) is 5.69 Å². The van der Waals surface area contributed by atoms with Crippen LogP contribution >= 0.6 is 0 Å². The zero-order valence-corrected chi connectivity index (χ0v) is 17.2. The van der Waals surface area contributed by atoms with Crippen LogP contribution < -0.4 is 4.90 Å². The molecule has 1 saturated heterocycles. The zero-order valence-electron chi connectivity index (χ0n) is 16.4. The van der Waals surface area contributed by atoms with E-state index in [2.05, 4.69) is 0 Å². The van der Waals surface area contributed by atoms with Crippen molar-refractivity contribution in [2.45, 2.75) is 31.7 Å². The van der Waals surface area contributed by atoms with E-state index in [0.717, 1.165) is 5.56 Å². The lowest BCUT2D eigenvalue weighted by Gasteiger charge is -2.28. The first kappa shape index (κ1) is 21.0. The zero-order chi connectivity index (χ0) is 20.9. The first-order valence-corrected chi connectivity index (χ1v) is 11.5. The third-order valence-electron chi connectivity index (χ3n) is 5.07. The molecule has 0 N–H and O–H groups in total. The number of sulfone groups is 1. The molecule has 7 heteroatoms. The minimum Gasteiger partial charge on any atom is -0.456 e. The van der Waals surface area contributed by atoms with Gasteiger partial charge in [-0.1, -0.05) is 55.5 Å². The summed E-state index contributed by atoms with van der Waals surface area (Å²) < 4.78 is 29.0. The Balaban J connectivity index is 1.63. The van der Waals surface area contributed by atoms with Gasteiger partial charge in [-0.3, -0.25) is 9.59 Å². The number of rotatable bonds is 7. The number of para-hydroxylation sites is 1. The molecule has 0 saturated carbocycles. The maximum atomic E-state index is 12.9. The molecule has 2 aromatic rings. The maximum Gasteiger partial charge on any atom is 0.306 e. The van der Waals surface area contributed by atoms with Crippen LogP contribution in [0.2, 0.25) is 0 Å². The summed E-state index contributed by atoms with van der Waals surface area (Å²) in [5.74, 6) is -0.917. The topological polar surface area (TPSA) is 80.8 Å². The molecule has 29 heavy (non-hydrogen) atoms. The Labute approximate surface area is 171 Å². The summed E-state index contributed by atoms with van der Waals surface area (Å²) in [7, 11) is -3.16. The van der Waals surface area contributed by atoms with Gasteiger partial charge in [0, 0.05) is 5.69 Å². The molecule has 154 valence electrons. The van der Waals surface area contributed by atoms with Crippen LogP contribution in [0.1, 0.15) is 31.2 Å². The highest BCUT2D eigenvalue weighted by Crippen LogP contribution is 2.25. The van der Waals surface area contributed by atoms with Crippen LogP contribution in [0.3, 0.4) is 0 Å². The number of hydrogen-bond donors (Lipinski definition) is 0. The second-order valence-corrected chi connectivity index (χ2v) is 9.56. The van der Waals surface area contributed by atoms with E-state index < -0.39 is 34.4 Å². The lowest BCUT2D eigenvalue weighted by atomic mass is 9.98. The smallest absolute Gasteiger partial charge is 0.306 e. The maximum absolute atomic E-state index is 12.9. The van der Waals surface area contributed by atoms with Gasteiger partial charge in [0.15, 0.2) is 16.4 Å². The third-order valence-corrected chi connectivity index (χ3v) is 6.83. The van der Waals surface area contributed by atoms with E-state index in [4.69, 9.17) is 4.74 Å². The van der Waals surface area contributed by atoms with Gasteiger partial charge in [-0.05, 0) is 30.0 Å². The highest BCUT2D eigenvalue weighted by Gasteiger charge is 2.35. The molecule has 0 aliphatic carbocycles. The van der Waals surface area contributed by atoms with Gasteiger partial charge in [-0.25, -0.2) is 8.42 Å². The lowest BCUT2D eigenvalue weighted by Crippen LogP contribution is -2.43. The normalized spacial score (nSPS) is 18.7. The summed E-state index contributed by atoms with van der Waals surface area (Å²) in [6, 6.07) is 18.1. The van der Waals surface area contributed by atoms with Crippen LogP contribution in [-0.2, 0) is 24.2 Å². The van der Waals surface area contributed by atoms with E-state index in [9.17, 15) is 18.0 Å². The number of benzene rings is 2. The fourth-order valence-electron chi connectivity index (χ4n) is 3.55. The largest absolute Gasteiger partial charge is 0.456 e. The summed E-state index contributed by atoms with van der Waals surface area (Å²) in [4.78, 5) is 26.5. The van der Waals surface area contributed by atoms with Crippen LogP contribution in [0.5, 0.6) is 0 Å². The van der Waals surface area contributed by atoms with Crippen LogP contribution in [-0.4, -0.2) is 44.4 Å². The number of nitrogens with zero attached hydrogens (tertiary/aromatic N) is 1. The SMILES string of the molecule is C[C@@H](CC(=O)OCC(=O)N(c1ccccc1)[C@@H]1CCS(=O)(=O)C1)c1ccccc1. The van der Waals surface area contributed by atoms with Gasteiger partial charge < -0.3 is 9.64 Å². The van der Waals surface area contributed by atoms with Crippen LogP contribution in [0, 0.1) is 0 Å². The van der Waals surface area contributed by atoms with Crippen molar-refractivity contribution in [3.8, 4) is 0 Å². The summed E-state index contributed by atoms with van der Waals surface area (Å²) in [6.07, 6.45) is 0.544. The van der Waals surface area contributed by atoms with Crippen molar-refractivity contribution in [1.29, 1.82) is 0 Å². The number of esters is 1. The Morgan fingerprint density at radius 3 is 2.28 bits per heavy atom. The molecule has 1 aliphatic heterocycles. The minimum absolute atomic E-state index is 0.0241. The predicted molar refractivity (Wildman–Crippen MR) is 111 cm³/mol. The molecule has 2 aromatic carbocycles. The fraction of sp³-hybridized carbons (Fsp3) is 0.364. The van der Waals surface area contributed by atoms with Crippen molar-refractivity contribution < 1.29 is 22.7 Å². The van der Waals surface area contributed by atoms with E-state index in [1.807, 2.05) is 43.3 Å². The molecule has 1 aliphatic rings. The Bertz CT molecular complexity index is 944. The van der Waals surface area contributed by atoms with Crippen molar-refractivity contribution in [1.82, 2.24) is 0 Å². The second-order valence-electron chi connectivity index (χ2n) is 7.33. The van der Waals surface area contributed by atoms with Crippen molar-refractivity contribution in [2.24, 2.45) is 0 Å². The standard InChI is InChI=1S/C22H25NO5S/c1-17(18-8-4-2-5-9-18)14-22(25)28-15-21(24)23(19-10-6-3-7-11-19)20-12-13-29(26,27)16-20/h2-11,17,20H,12-16H2,1H3/t17-,20+/m0/s1. The highest BCUT2D eigenvalue weighted by atomic mass is 32.2. The van der Waals surface area contributed by atoms with Gasteiger partial charge in [-0.2, -0.15) is 0 Å². The van der Waals surface area contributed by atoms with E-state index >= 15 is 0 Å². The van der Waals surface area contributed by atoms with Crippen LogP contribution in [0.15, 0.2) is 60.7 Å². The molecule has 0 aromatic heterocycles. The quantitative estimate of drug-likeness (QED) is 0.650. The summed E-state index contributed by atoms with van der Waals surface area (Å²) in [5.41, 5.74) is 1.63. The van der Waals surface area contributed by atoms with Gasteiger partial charge in [0.1, 0.15) is 0 Å². The van der Waals surface area contributed by atoms with Gasteiger partial charge >= 0.3 is 5.97 Å². The molecule has 1 heterocycles. The molecule has 3 rings (SSSR count). The molecular formula is C22H25NO5S. The molecule has 0 radical (unpaired) electrons. The molecule has 0 unspecified atom stereocenters. The van der Waals surface area contributed by atoms with Gasteiger partial charge in [0.05, 0.1) is 24.0 Å². The number of amides is 1. The van der Waals surface area contributed by atoms with Gasteiger partial charge in [0.25, 0.3) is 5.91 Å². The Morgan fingerprint density at radius 2 is 1.69 bits per heavy atom. The number of ether oxygens (including phenoxy) is 1. The van der Waals surface area contributed by atoms with E-state index in [1.54, 1.807) is 24.3 Å². The first-order valence-electron chi connectivity index (χ1n) is 9.64. The lowest BCUT2D eigenvalue weighted by molar-refractivity contribution is -0.148. The molecule has 6 nitrogen and oxygen atoms in total. The predicted octanol–water partition coefficient (Wildman–Crippen LogP) is 2.94. The fourth-order valence-corrected chi connectivity index (χ4v) is 5.25. The highest BCUT2D eigenvalue weighted by molar-refractivity contribution is 7.91. The van der Waals surface area contributed by atoms with Crippen molar-refractivity contribution in [2.75, 3.05) is 23.0 Å². The first-order chi connectivity index (χ1) is 13.9. The number of anilines is 1. The molecule has 0 spiro atoms. The van der Waals surface area contributed by atoms with Crippen molar-refractivity contribution in [3.63, 3.8) is 0 Å². The summed E-state index contributed by atoms with van der Waals surface area (Å²) in [6.45, 7) is 1.52. The monoisotopic (exact) mass is 415 g/mol. The Hall–Kier alpha value is -2.67. The molecule has 0 bridgehead atoms. The summed E-state index contributed by atoms with van der Waals surface area (Å²) in [5, 5.41) is 0. The van der Waals surface area contributed by atoms with Gasteiger partial charge in [0.2, 0.25) is 0 Å². The molecule has 1 amide bonds. The Kier molecular flexibility index (Phi) is 6.69. The Morgan fingerprint density at radius 1 is 1.07 bits per heavy atom. The summed E-state index contributed by atoms with van der Waals surface area (Å²) >= 11 is 0. The third kappa shape index (κ3) is 5.67. The van der Waals surface area contributed by atoms with Crippen molar-refractivity contribution >= 4 is 27.4 Å². The van der Waals surface area contributed by atoms with Gasteiger partial charge in [-0.15, -0.1) is 0 Å². The molecule has 2 atom stereocenters. The van der Waals surface area contributed by atoms with Crippen molar-refractivity contribution in [3.05, 3.63) is 66.2 Å². The molecular weight excluding hydrogens is 390 g/mol. The average molecular weight is 416 g/mol. The van der Waals surface area contributed by atoms with Crippen LogP contribution in [0.25, 0.3) is 0 Å². The number of carbonyl (C=O) groups excluding carboxylic acids is 2. The number of carbonyl (C=O) groups is 2. The minimum atomic E-state index is -3.16. The van der Waals surface area contributed by atoms with E-state index in [-0.39, 0.29) is 23.8 Å². The van der Waals surface area contributed by atoms with E-state index in [1.165, 1.54) is 4.90 Å².